The van der Waals surface area contributed by atoms with Gasteiger partial charge in [-0.3, -0.25) is 4.79 Å². The highest BCUT2D eigenvalue weighted by atomic mass is 16.6. The second-order valence-electron chi connectivity index (χ2n) is 6.37. The largest absolute Gasteiger partial charge is 0.454 e. The van der Waals surface area contributed by atoms with Gasteiger partial charge in [-0.05, 0) is 57.9 Å². The number of fused-ring (bicyclic) bond motifs is 2. The summed E-state index contributed by atoms with van der Waals surface area (Å²) in [6.07, 6.45) is 7.40. The van der Waals surface area contributed by atoms with Crippen molar-refractivity contribution in [3.8, 4) is 0 Å². The van der Waals surface area contributed by atoms with E-state index in [-0.39, 0.29) is 17.0 Å². The normalized spacial score (nSPS) is 35.9. The van der Waals surface area contributed by atoms with Crippen LogP contribution >= 0.6 is 0 Å². The van der Waals surface area contributed by atoms with Crippen LogP contribution in [0.1, 0.15) is 52.9 Å². The molecule has 2 fully saturated rings. The summed E-state index contributed by atoms with van der Waals surface area (Å²) in [6, 6.07) is 0. The molecule has 0 heterocycles. The van der Waals surface area contributed by atoms with E-state index in [0.29, 0.717) is 5.92 Å². The molecule has 0 aromatic heterocycles. The fourth-order valence-corrected chi connectivity index (χ4v) is 3.19. The van der Waals surface area contributed by atoms with Crippen molar-refractivity contribution < 1.29 is 9.53 Å². The Labute approximate surface area is 104 Å². The molecule has 2 aliphatic carbocycles. The third-order valence-corrected chi connectivity index (χ3v) is 4.90. The van der Waals surface area contributed by atoms with Gasteiger partial charge in [-0.1, -0.05) is 13.5 Å². The highest BCUT2D eigenvalue weighted by molar-refractivity contribution is 5.76. The van der Waals surface area contributed by atoms with Crippen LogP contribution in [0.4, 0.5) is 0 Å². The Morgan fingerprint density at radius 3 is 2.65 bits per heavy atom. The summed E-state index contributed by atoms with van der Waals surface area (Å²) in [7, 11) is 0. The SMILES string of the molecule is C=CC1(OC(=O)C(C)(C)CC)CC2CCC1C2. The van der Waals surface area contributed by atoms with Gasteiger partial charge < -0.3 is 4.74 Å². The van der Waals surface area contributed by atoms with Gasteiger partial charge in [0.15, 0.2) is 0 Å². The Kier molecular flexibility index (Phi) is 3.09. The Morgan fingerprint density at radius 2 is 2.24 bits per heavy atom. The van der Waals surface area contributed by atoms with E-state index in [0.717, 1.165) is 18.8 Å². The zero-order chi connectivity index (χ0) is 12.7. The highest BCUT2D eigenvalue weighted by Gasteiger charge is 2.52. The molecule has 0 N–H and O–H groups in total. The number of hydrogen-bond donors (Lipinski definition) is 0. The van der Waals surface area contributed by atoms with Gasteiger partial charge in [0.2, 0.25) is 0 Å². The molecule has 2 aliphatic rings. The van der Waals surface area contributed by atoms with Crippen molar-refractivity contribution >= 4 is 5.97 Å². The average molecular weight is 236 g/mol. The van der Waals surface area contributed by atoms with Crippen LogP contribution in [0.15, 0.2) is 12.7 Å². The van der Waals surface area contributed by atoms with Crippen molar-refractivity contribution in [1.82, 2.24) is 0 Å². The van der Waals surface area contributed by atoms with E-state index in [1.54, 1.807) is 0 Å². The van der Waals surface area contributed by atoms with E-state index in [1.165, 1.54) is 19.3 Å². The molecular formula is C15H24O2. The van der Waals surface area contributed by atoms with Gasteiger partial charge in [0.05, 0.1) is 5.41 Å². The maximum absolute atomic E-state index is 12.2. The second-order valence-corrected chi connectivity index (χ2v) is 6.37. The summed E-state index contributed by atoms with van der Waals surface area (Å²) < 4.78 is 5.88. The zero-order valence-corrected chi connectivity index (χ0v) is 11.3. The maximum Gasteiger partial charge on any atom is 0.312 e. The molecule has 96 valence electrons. The summed E-state index contributed by atoms with van der Waals surface area (Å²) in [4.78, 5) is 12.2. The lowest BCUT2D eigenvalue weighted by molar-refractivity contribution is -0.170. The van der Waals surface area contributed by atoms with Gasteiger partial charge in [0.1, 0.15) is 5.60 Å². The molecule has 0 aliphatic heterocycles. The first kappa shape index (κ1) is 12.7. The first-order valence-corrected chi connectivity index (χ1v) is 6.80. The van der Waals surface area contributed by atoms with Crippen molar-refractivity contribution in [3.63, 3.8) is 0 Å². The van der Waals surface area contributed by atoms with Crippen LogP contribution in [0.3, 0.4) is 0 Å². The summed E-state index contributed by atoms with van der Waals surface area (Å²) in [5.41, 5.74) is -0.732. The minimum absolute atomic E-state index is 0.0625. The number of rotatable bonds is 4. The molecule has 3 unspecified atom stereocenters. The quantitative estimate of drug-likeness (QED) is 0.549. The van der Waals surface area contributed by atoms with Crippen molar-refractivity contribution in [1.29, 1.82) is 0 Å². The lowest BCUT2D eigenvalue weighted by Crippen LogP contribution is -2.42. The van der Waals surface area contributed by atoms with Crippen LogP contribution < -0.4 is 0 Å². The predicted octanol–water partition coefficient (Wildman–Crippen LogP) is 3.71. The van der Waals surface area contributed by atoms with E-state index < -0.39 is 0 Å². The van der Waals surface area contributed by atoms with Gasteiger partial charge in [0, 0.05) is 5.92 Å². The molecule has 0 spiro atoms. The lowest BCUT2D eigenvalue weighted by Gasteiger charge is -2.37. The number of carbonyl (C=O) groups is 1. The summed E-state index contributed by atoms with van der Waals surface area (Å²) >= 11 is 0. The van der Waals surface area contributed by atoms with Gasteiger partial charge >= 0.3 is 5.97 Å². The molecule has 0 aromatic rings. The van der Waals surface area contributed by atoms with Crippen LogP contribution in [0, 0.1) is 17.3 Å². The van der Waals surface area contributed by atoms with Crippen molar-refractivity contribution in [2.75, 3.05) is 0 Å². The van der Waals surface area contributed by atoms with E-state index in [2.05, 4.69) is 6.58 Å². The number of carbonyl (C=O) groups excluding carboxylic acids is 1. The molecule has 2 bridgehead atoms. The maximum atomic E-state index is 12.2. The monoisotopic (exact) mass is 236 g/mol. The molecule has 0 amide bonds. The molecule has 2 nitrogen and oxygen atoms in total. The topological polar surface area (TPSA) is 26.3 Å². The van der Waals surface area contributed by atoms with Crippen molar-refractivity contribution in [2.45, 2.75) is 58.5 Å². The van der Waals surface area contributed by atoms with Crippen LogP contribution in [-0.4, -0.2) is 11.6 Å². The Morgan fingerprint density at radius 1 is 1.53 bits per heavy atom. The molecule has 0 radical (unpaired) electrons. The molecular weight excluding hydrogens is 212 g/mol. The third-order valence-electron chi connectivity index (χ3n) is 4.90. The van der Waals surface area contributed by atoms with Crippen LogP contribution in [0.25, 0.3) is 0 Å². The van der Waals surface area contributed by atoms with Crippen molar-refractivity contribution in [3.05, 3.63) is 12.7 Å². The third kappa shape index (κ3) is 2.02. The second kappa shape index (κ2) is 4.15. The van der Waals surface area contributed by atoms with E-state index in [4.69, 9.17) is 4.74 Å². The summed E-state index contributed by atoms with van der Waals surface area (Å²) in [5, 5.41) is 0. The minimum atomic E-state index is -0.377. The van der Waals surface area contributed by atoms with E-state index in [1.807, 2.05) is 26.8 Å². The molecule has 2 saturated carbocycles. The Hall–Kier alpha value is -0.790. The smallest absolute Gasteiger partial charge is 0.312 e. The first-order valence-electron chi connectivity index (χ1n) is 6.80. The van der Waals surface area contributed by atoms with Crippen LogP contribution in [0.2, 0.25) is 0 Å². The van der Waals surface area contributed by atoms with Crippen LogP contribution in [-0.2, 0) is 9.53 Å². The number of ether oxygens (including phenoxy) is 1. The lowest BCUT2D eigenvalue weighted by atomic mass is 9.83. The average Bonchev–Trinajstić information content (AvgIpc) is 2.89. The molecule has 0 saturated heterocycles. The molecule has 2 rings (SSSR count). The fourth-order valence-electron chi connectivity index (χ4n) is 3.19. The van der Waals surface area contributed by atoms with Gasteiger partial charge in [-0.15, -0.1) is 0 Å². The number of esters is 1. The van der Waals surface area contributed by atoms with E-state index >= 15 is 0 Å². The molecule has 17 heavy (non-hydrogen) atoms. The van der Waals surface area contributed by atoms with Gasteiger partial charge in [-0.25, -0.2) is 0 Å². The number of hydrogen-bond acceptors (Lipinski definition) is 2. The van der Waals surface area contributed by atoms with Crippen LogP contribution in [0.5, 0.6) is 0 Å². The predicted molar refractivity (Wildman–Crippen MR) is 68.5 cm³/mol. The summed E-state index contributed by atoms with van der Waals surface area (Å²) in [5.74, 6) is 1.20. The molecule has 2 heteroatoms. The van der Waals surface area contributed by atoms with Crippen molar-refractivity contribution in [2.24, 2.45) is 17.3 Å². The Balaban J connectivity index is 2.11. The highest BCUT2D eigenvalue weighted by Crippen LogP contribution is 2.53. The minimum Gasteiger partial charge on any atom is -0.454 e. The first-order chi connectivity index (χ1) is 7.93. The van der Waals surface area contributed by atoms with Gasteiger partial charge in [-0.2, -0.15) is 0 Å². The standard InChI is InChI=1S/C15H24O2/c1-5-14(3,4)13(16)17-15(6-2)10-11-7-8-12(15)9-11/h6,11-12H,2,5,7-10H2,1,3-4H3. The summed E-state index contributed by atoms with van der Waals surface area (Å²) in [6.45, 7) is 9.86. The molecule has 0 aromatic carbocycles. The van der Waals surface area contributed by atoms with E-state index in [9.17, 15) is 4.79 Å². The fraction of sp³-hybridized carbons (Fsp3) is 0.800. The Bertz CT molecular complexity index is 332. The molecule has 3 atom stereocenters. The zero-order valence-electron chi connectivity index (χ0n) is 11.3. The van der Waals surface area contributed by atoms with Gasteiger partial charge in [0.25, 0.3) is 0 Å².